The van der Waals surface area contributed by atoms with Crippen molar-refractivity contribution >= 4 is 23.2 Å². The van der Waals surface area contributed by atoms with E-state index < -0.39 is 22.8 Å². The number of rotatable bonds is 5. The van der Waals surface area contributed by atoms with Crippen LogP contribution in [-0.4, -0.2) is 16.7 Å². The van der Waals surface area contributed by atoms with Crippen LogP contribution in [0.15, 0.2) is 84.9 Å². The molecule has 0 saturated carbocycles. The number of carbonyl (C=O) groups is 2. The summed E-state index contributed by atoms with van der Waals surface area (Å²) >= 11 is 0. The number of hydrogen-bond acceptors (Lipinski definition) is 4. The number of nitro groups is 1. The number of benzene rings is 3. The fourth-order valence-corrected chi connectivity index (χ4v) is 2.70. The largest absolute Gasteiger partial charge is 0.337 e. The molecule has 3 rings (SSSR count). The minimum absolute atomic E-state index is 0.101. The van der Waals surface area contributed by atoms with Crippen LogP contribution in [0.25, 0.3) is 0 Å². The van der Waals surface area contributed by atoms with E-state index >= 15 is 0 Å². The van der Waals surface area contributed by atoms with Crippen molar-refractivity contribution in [1.82, 2.24) is 5.32 Å². The quantitative estimate of drug-likeness (QED) is 0.405. The van der Waals surface area contributed by atoms with Gasteiger partial charge in [0.2, 0.25) is 0 Å². The third-order valence-corrected chi connectivity index (χ3v) is 4.08. The van der Waals surface area contributed by atoms with E-state index in [4.69, 9.17) is 0 Å². The van der Waals surface area contributed by atoms with Gasteiger partial charge in [0.05, 0.1) is 11.0 Å². The number of anilines is 1. The Balaban J connectivity index is 1.74. The van der Waals surface area contributed by atoms with Crippen LogP contribution in [0.3, 0.4) is 0 Å². The van der Waals surface area contributed by atoms with E-state index in [-0.39, 0.29) is 5.69 Å². The summed E-state index contributed by atoms with van der Waals surface area (Å²) in [4.78, 5) is 34.9. The Morgan fingerprint density at radius 2 is 1.25 bits per heavy atom. The van der Waals surface area contributed by atoms with E-state index in [9.17, 15) is 19.7 Å². The molecule has 0 fully saturated rings. The number of nitro benzene ring substituents is 1. The molecule has 0 saturated heterocycles. The van der Waals surface area contributed by atoms with Crippen LogP contribution >= 0.6 is 0 Å². The Bertz CT molecular complexity index is 934. The fraction of sp³-hybridized carbons (Fsp3) is 0.0476. The summed E-state index contributed by atoms with van der Waals surface area (Å²) in [5.41, 5.74) is 1.87. The van der Waals surface area contributed by atoms with Crippen molar-refractivity contribution in [2.24, 2.45) is 0 Å². The van der Waals surface area contributed by atoms with Crippen molar-refractivity contribution in [3.63, 3.8) is 0 Å². The maximum absolute atomic E-state index is 12.4. The molecule has 0 aliphatic carbocycles. The predicted molar refractivity (Wildman–Crippen MR) is 105 cm³/mol. The number of non-ortho nitro benzene ring substituents is 1. The molecule has 0 radical (unpaired) electrons. The second-order valence-electron chi connectivity index (χ2n) is 5.99. The van der Waals surface area contributed by atoms with Gasteiger partial charge >= 0.3 is 11.8 Å². The third-order valence-electron chi connectivity index (χ3n) is 4.08. The average Bonchev–Trinajstić information content (AvgIpc) is 2.73. The molecule has 0 unspecified atom stereocenters. The molecule has 140 valence electrons. The molecule has 2 amide bonds. The minimum atomic E-state index is -0.856. The highest BCUT2D eigenvalue weighted by Gasteiger charge is 2.21. The van der Waals surface area contributed by atoms with Gasteiger partial charge in [-0.2, -0.15) is 0 Å². The summed E-state index contributed by atoms with van der Waals surface area (Å²) in [6.07, 6.45) is 0. The van der Waals surface area contributed by atoms with Crippen LogP contribution in [0.4, 0.5) is 11.4 Å². The summed E-state index contributed by atoms with van der Waals surface area (Å²) < 4.78 is 0. The zero-order valence-electron chi connectivity index (χ0n) is 14.7. The first kappa shape index (κ1) is 18.8. The predicted octanol–water partition coefficient (Wildman–Crippen LogP) is 3.44. The SMILES string of the molecule is O=C(Nc1ccc([N+](=O)[O-])cc1)C(=O)NC(c1ccccc1)c1ccccc1. The summed E-state index contributed by atoms with van der Waals surface area (Å²) in [6, 6.07) is 23.4. The molecule has 0 bridgehead atoms. The molecule has 0 aliphatic heterocycles. The lowest BCUT2D eigenvalue weighted by Crippen LogP contribution is -2.38. The number of carbonyl (C=O) groups excluding carboxylic acids is 2. The monoisotopic (exact) mass is 375 g/mol. The average molecular weight is 375 g/mol. The molecule has 0 aliphatic rings. The molecule has 0 aromatic heterocycles. The maximum Gasteiger partial charge on any atom is 0.313 e. The molecular formula is C21H17N3O4. The van der Waals surface area contributed by atoms with Gasteiger partial charge in [-0.15, -0.1) is 0 Å². The molecule has 7 nitrogen and oxygen atoms in total. The summed E-state index contributed by atoms with van der Waals surface area (Å²) in [5.74, 6) is -1.67. The van der Waals surface area contributed by atoms with Gasteiger partial charge < -0.3 is 10.6 Å². The van der Waals surface area contributed by atoms with Crippen molar-refractivity contribution in [3.8, 4) is 0 Å². The van der Waals surface area contributed by atoms with Crippen LogP contribution in [0.1, 0.15) is 17.2 Å². The Kier molecular flexibility index (Phi) is 5.76. The van der Waals surface area contributed by atoms with Crippen molar-refractivity contribution in [1.29, 1.82) is 0 Å². The molecule has 2 N–H and O–H groups in total. The van der Waals surface area contributed by atoms with Gasteiger partial charge in [0.15, 0.2) is 0 Å². The lowest BCUT2D eigenvalue weighted by Gasteiger charge is -2.19. The number of nitrogens with zero attached hydrogens (tertiary/aromatic N) is 1. The van der Waals surface area contributed by atoms with Gasteiger partial charge in [-0.3, -0.25) is 19.7 Å². The van der Waals surface area contributed by atoms with Crippen molar-refractivity contribution in [2.75, 3.05) is 5.32 Å². The highest BCUT2D eigenvalue weighted by Crippen LogP contribution is 2.22. The van der Waals surface area contributed by atoms with Crippen LogP contribution in [0, 0.1) is 10.1 Å². The first-order valence-corrected chi connectivity index (χ1v) is 8.51. The Labute approximate surface area is 161 Å². The number of nitrogens with one attached hydrogen (secondary N) is 2. The van der Waals surface area contributed by atoms with E-state index in [0.29, 0.717) is 5.69 Å². The topological polar surface area (TPSA) is 101 Å². The van der Waals surface area contributed by atoms with E-state index in [0.717, 1.165) is 11.1 Å². The lowest BCUT2D eigenvalue weighted by atomic mass is 9.99. The zero-order chi connectivity index (χ0) is 19.9. The molecule has 0 atom stereocenters. The molecule has 7 heteroatoms. The van der Waals surface area contributed by atoms with Gasteiger partial charge in [0.1, 0.15) is 0 Å². The first-order valence-electron chi connectivity index (χ1n) is 8.51. The van der Waals surface area contributed by atoms with Crippen LogP contribution < -0.4 is 10.6 Å². The van der Waals surface area contributed by atoms with E-state index in [2.05, 4.69) is 10.6 Å². The number of hydrogen-bond donors (Lipinski definition) is 2. The molecule has 0 spiro atoms. The summed E-state index contributed by atoms with van der Waals surface area (Å²) in [7, 11) is 0. The van der Waals surface area contributed by atoms with Crippen molar-refractivity contribution in [2.45, 2.75) is 6.04 Å². The van der Waals surface area contributed by atoms with Gasteiger partial charge in [0, 0.05) is 17.8 Å². The highest BCUT2D eigenvalue weighted by molar-refractivity contribution is 6.39. The second kappa shape index (κ2) is 8.59. The second-order valence-corrected chi connectivity index (χ2v) is 5.99. The Morgan fingerprint density at radius 3 is 1.71 bits per heavy atom. The molecular weight excluding hydrogens is 358 g/mol. The van der Waals surface area contributed by atoms with E-state index in [1.807, 2.05) is 60.7 Å². The molecule has 3 aromatic carbocycles. The zero-order valence-corrected chi connectivity index (χ0v) is 14.7. The Hall–Kier alpha value is -4.00. The standard InChI is InChI=1S/C21H17N3O4/c25-20(22-17-11-13-18(14-12-17)24(27)28)21(26)23-19(15-7-3-1-4-8-15)16-9-5-2-6-10-16/h1-14,19H,(H,22,25)(H,23,26). The lowest BCUT2D eigenvalue weighted by molar-refractivity contribution is -0.384. The summed E-state index contributed by atoms with van der Waals surface area (Å²) in [5, 5.41) is 15.9. The number of amides is 2. The van der Waals surface area contributed by atoms with E-state index in [1.54, 1.807) is 0 Å². The normalized spacial score (nSPS) is 10.3. The van der Waals surface area contributed by atoms with Crippen LogP contribution in [0.2, 0.25) is 0 Å². The van der Waals surface area contributed by atoms with Gasteiger partial charge in [0.25, 0.3) is 5.69 Å². The van der Waals surface area contributed by atoms with Gasteiger partial charge in [-0.1, -0.05) is 60.7 Å². The maximum atomic E-state index is 12.4. The molecule has 3 aromatic rings. The highest BCUT2D eigenvalue weighted by atomic mass is 16.6. The third kappa shape index (κ3) is 4.59. The van der Waals surface area contributed by atoms with E-state index in [1.165, 1.54) is 24.3 Å². The van der Waals surface area contributed by atoms with Crippen LogP contribution in [0.5, 0.6) is 0 Å². The summed E-state index contributed by atoms with van der Waals surface area (Å²) in [6.45, 7) is 0. The fourth-order valence-electron chi connectivity index (χ4n) is 2.70. The molecule has 0 heterocycles. The van der Waals surface area contributed by atoms with Crippen molar-refractivity contribution in [3.05, 3.63) is 106 Å². The Morgan fingerprint density at radius 1 is 0.750 bits per heavy atom. The minimum Gasteiger partial charge on any atom is -0.337 e. The van der Waals surface area contributed by atoms with Crippen LogP contribution in [-0.2, 0) is 9.59 Å². The van der Waals surface area contributed by atoms with Gasteiger partial charge in [-0.05, 0) is 23.3 Å². The van der Waals surface area contributed by atoms with Crippen molar-refractivity contribution < 1.29 is 14.5 Å². The molecule has 28 heavy (non-hydrogen) atoms. The smallest absolute Gasteiger partial charge is 0.313 e. The van der Waals surface area contributed by atoms with Gasteiger partial charge in [-0.25, -0.2) is 0 Å². The first-order chi connectivity index (χ1) is 13.5.